The number of imidazole rings is 1. The summed E-state index contributed by atoms with van der Waals surface area (Å²) in [5.41, 5.74) is 2.09. The number of nitrogens with zero attached hydrogens (tertiary/aromatic N) is 1. The van der Waals surface area contributed by atoms with Gasteiger partial charge in [0.1, 0.15) is 11.6 Å². The average molecular weight is 367 g/mol. The van der Waals surface area contributed by atoms with Crippen molar-refractivity contribution in [3.63, 3.8) is 0 Å². The number of hydrogen-bond donors (Lipinski definition) is 2. The van der Waals surface area contributed by atoms with Crippen molar-refractivity contribution in [3.8, 4) is 0 Å². The summed E-state index contributed by atoms with van der Waals surface area (Å²) in [5.74, 6) is 0.513. The minimum atomic E-state index is -0.667. The molecular formula is C21H22FN3O2. The number of fused-ring (bicyclic) bond motifs is 1. The summed E-state index contributed by atoms with van der Waals surface area (Å²) >= 11 is 0. The lowest BCUT2D eigenvalue weighted by Gasteiger charge is -2.36. The molecule has 0 aliphatic carbocycles. The van der Waals surface area contributed by atoms with Crippen LogP contribution in [0.3, 0.4) is 0 Å². The topological polar surface area (TPSA) is 67.0 Å². The van der Waals surface area contributed by atoms with Gasteiger partial charge in [-0.15, -0.1) is 0 Å². The van der Waals surface area contributed by atoms with Crippen LogP contribution in [-0.4, -0.2) is 35.6 Å². The Morgan fingerprint density at radius 3 is 2.63 bits per heavy atom. The van der Waals surface area contributed by atoms with Crippen LogP contribution in [0.4, 0.5) is 4.39 Å². The number of amides is 1. The highest BCUT2D eigenvalue weighted by molar-refractivity contribution is 5.88. The molecule has 0 saturated carbocycles. The molecule has 27 heavy (non-hydrogen) atoms. The zero-order valence-electron chi connectivity index (χ0n) is 15.0. The number of H-pyrrole nitrogens is 1. The molecule has 1 fully saturated rings. The Kier molecular flexibility index (Phi) is 4.90. The Morgan fingerprint density at radius 1 is 1.15 bits per heavy atom. The second-order valence-electron chi connectivity index (χ2n) is 6.91. The molecule has 1 aliphatic rings. The number of carbonyl (C=O) groups is 1. The molecule has 1 aliphatic heterocycles. The molecule has 140 valence electrons. The van der Waals surface area contributed by atoms with Crippen molar-refractivity contribution in [3.05, 3.63) is 65.7 Å². The van der Waals surface area contributed by atoms with Crippen LogP contribution in [0, 0.1) is 5.82 Å². The first-order chi connectivity index (χ1) is 13.2. The highest BCUT2D eigenvalue weighted by Gasteiger charge is 2.41. The minimum Gasteiger partial charge on any atom is -0.381 e. The maximum Gasteiger partial charge on any atom is 0.230 e. The Hall–Kier alpha value is -2.73. The van der Waals surface area contributed by atoms with E-state index in [9.17, 15) is 9.18 Å². The normalized spacial score (nSPS) is 16.3. The monoisotopic (exact) mass is 367 g/mol. The van der Waals surface area contributed by atoms with Gasteiger partial charge in [0.25, 0.3) is 0 Å². The van der Waals surface area contributed by atoms with Crippen molar-refractivity contribution >= 4 is 16.9 Å². The van der Waals surface area contributed by atoms with Gasteiger partial charge in [0.15, 0.2) is 0 Å². The summed E-state index contributed by atoms with van der Waals surface area (Å²) in [5, 5.41) is 3.05. The first-order valence-electron chi connectivity index (χ1n) is 9.23. The number of nitrogens with one attached hydrogen (secondary N) is 2. The Morgan fingerprint density at radius 2 is 1.89 bits per heavy atom. The molecule has 1 saturated heterocycles. The molecule has 0 bridgehead atoms. The average Bonchev–Trinajstić information content (AvgIpc) is 3.11. The predicted octanol–water partition coefficient (Wildman–Crippen LogP) is 3.11. The molecule has 0 spiro atoms. The van der Waals surface area contributed by atoms with Crippen molar-refractivity contribution in [2.45, 2.75) is 24.7 Å². The second kappa shape index (κ2) is 7.48. The fourth-order valence-electron chi connectivity index (χ4n) is 3.72. The standard InChI is InChI=1S/C21H22FN3O2/c22-16-7-5-15(6-8-16)21(10-13-27-14-11-21)20(26)23-12-9-19-24-17-3-1-2-4-18(17)25-19/h1-8H,9-14H2,(H,23,26)(H,24,25). The molecule has 2 aromatic carbocycles. The van der Waals surface area contributed by atoms with E-state index in [4.69, 9.17) is 4.74 Å². The van der Waals surface area contributed by atoms with Gasteiger partial charge >= 0.3 is 0 Å². The number of hydrogen-bond acceptors (Lipinski definition) is 3. The zero-order valence-corrected chi connectivity index (χ0v) is 15.0. The van der Waals surface area contributed by atoms with E-state index in [0.29, 0.717) is 39.0 Å². The van der Waals surface area contributed by atoms with Crippen molar-refractivity contribution in [1.82, 2.24) is 15.3 Å². The molecule has 6 heteroatoms. The van der Waals surface area contributed by atoms with Crippen LogP contribution in [-0.2, 0) is 21.4 Å². The largest absolute Gasteiger partial charge is 0.381 e. The smallest absolute Gasteiger partial charge is 0.230 e. The van der Waals surface area contributed by atoms with Gasteiger partial charge in [0, 0.05) is 26.2 Å². The molecule has 3 aromatic rings. The molecule has 1 amide bonds. The molecule has 1 aromatic heterocycles. The van der Waals surface area contributed by atoms with Crippen molar-refractivity contribution in [2.75, 3.05) is 19.8 Å². The Balaban J connectivity index is 1.46. The third-order valence-corrected chi connectivity index (χ3v) is 5.26. The predicted molar refractivity (Wildman–Crippen MR) is 101 cm³/mol. The van der Waals surface area contributed by atoms with Gasteiger partial charge in [-0.25, -0.2) is 9.37 Å². The lowest BCUT2D eigenvalue weighted by molar-refractivity contribution is -0.130. The molecule has 0 unspecified atom stereocenters. The van der Waals surface area contributed by atoms with Crippen LogP contribution in [0.15, 0.2) is 48.5 Å². The number of rotatable bonds is 5. The number of ether oxygens (including phenoxy) is 1. The summed E-state index contributed by atoms with van der Waals surface area (Å²) < 4.78 is 18.8. The van der Waals surface area contributed by atoms with Gasteiger partial charge in [0.05, 0.1) is 16.4 Å². The van der Waals surface area contributed by atoms with Gasteiger partial charge in [-0.2, -0.15) is 0 Å². The van der Waals surface area contributed by atoms with E-state index in [1.807, 2.05) is 24.3 Å². The van der Waals surface area contributed by atoms with Gasteiger partial charge in [-0.1, -0.05) is 24.3 Å². The third-order valence-electron chi connectivity index (χ3n) is 5.26. The molecule has 0 radical (unpaired) electrons. The molecule has 5 nitrogen and oxygen atoms in total. The third kappa shape index (κ3) is 3.57. The number of carbonyl (C=O) groups excluding carboxylic acids is 1. The van der Waals surface area contributed by atoms with Crippen LogP contribution >= 0.6 is 0 Å². The molecule has 2 heterocycles. The van der Waals surface area contributed by atoms with Gasteiger partial charge in [0.2, 0.25) is 5.91 Å². The van der Waals surface area contributed by atoms with E-state index >= 15 is 0 Å². The lowest BCUT2D eigenvalue weighted by atomic mass is 9.73. The van der Waals surface area contributed by atoms with Crippen LogP contribution in [0.25, 0.3) is 11.0 Å². The van der Waals surface area contributed by atoms with Gasteiger partial charge in [-0.3, -0.25) is 4.79 Å². The molecule has 4 rings (SSSR count). The number of aromatic amines is 1. The Bertz CT molecular complexity index is 897. The van der Waals surface area contributed by atoms with Gasteiger partial charge < -0.3 is 15.0 Å². The van der Waals surface area contributed by atoms with Crippen molar-refractivity contribution < 1.29 is 13.9 Å². The van der Waals surface area contributed by atoms with Crippen LogP contribution < -0.4 is 5.32 Å². The highest BCUT2D eigenvalue weighted by Crippen LogP contribution is 2.35. The fourth-order valence-corrected chi connectivity index (χ4v) is 3.72. The first-order valence-corrected chi connectivity index (χ1v) is 9.23. The fraction of sp³-hybridized carbons (Fsp3) is 0.333. The summed E-state index contributed by atoms with van der Waals surface area (Å²) in [6.45, 7) is 1.53. The number of halogens is 1. The lowest BCUT2D eigenvalue weighted by Crippen LogP contribution is -2.48. The summed E-state index contributed by atoms with van der Waals surface area (Å²) in [6, 6.07) is 14.1. The van der Waals surface area contributed by atoms with E-state index in [1.165, 1.54) is 12.1 Å². The van der Waals surface area contributed by atoms with Crippen LogP contribution in [0.1, 0.15) is 24.2 Å². The van der Waals surface area contributed by atoms with Gasteiger partial charge in [-0.05, 0) is 42.7 Å². The summed E-state index contributed by atoms with van der Waals surface area (Å²) in [4.78, 5) is 20.9. The maximum atomic E-state index is 13.3. The zero-order chi connectivity index (χ0) is 18.7. The number of para-hydroxylation sites is 2. The Labute approximate surface area is 157 Å². The summed E-state index contributed by atoms with van der Waals surface area (Å²) in [7, 11) is 0. The van der Waals surface area contributed by atoms with E-state index in [2.05, 4.69) is 15.3 Å². The highest BCUT2D eigenvalue weighted by atomic mass is 19.1. The molecule has 2 N–H and O–H groups in total. The molecular weight excluding hydrogens is 345 g/mol. The maximum absolute atomic E-state index is 13.3. The van der Waals surface area contributed by atoms with E-state index in [1.54, 1.807) is 12.1 Å². The second-order valence-corrected chi connectivity index (χ2v) is 6.91. The number of benzene rings is 2. The van der Waals surface area contributed by atoms with Crippen LogP contribution in [0.5, 0.6) is 0 Å². The minimum absolute atomic E-state index is 0.0338. The SMILES string of the molecule is O=C(NCCc1nc2ccccc2[nH]1)C1(c2ccc(F)cc2)CCOCC1. The van der Waals surface area contributed by atoms with Crippen LogP contribution in [0.2, 0.25) is 0 Å². The quantitative estimate of drug-likeness (QED) is 0.728. The van der Waals surface area contributed by atoms with E-state index < -0.39 is 5.41 Å². The molecule has 0 atom stereocenters. The van der Waals surface area contributed by atoms with Crippen molar-refractivity contribution in [2.24, 2.45) is 0 Å². The van der Waals surface area contributed by atoms with E-state index in [0.717, 1.165) is 22.4 Å². The summed E-state index contributed by atoms with van der Waals surface area (Å²) in [6.07, 6.45) is 1.81. The van der Waals surface area contributed by atoms with E-state index in [-0.39, 0.29) is 11.7 Å². The first kappa shape index (κ1) is 17.7. The number of aromatic nitrogens is 2. The van der Waals surface area contributed by atoms with Crippen molar-refractivity contribution in [1.29, 1.82) is 0 Å².